The minimum Gasteiger partial charge on any atom is -0.0579 e. The molecule has 2 aliphatic carbocycles. The molecule has 72 heavy (non-hydrogen) atoms. The molecule has 0 fully saturated rings. The minimum absolute atomic E-state index is 0.0296. The van der Waals surface area contributed by atoms with Crippen molar-refractivity contribution in [3.63, 3.8) is 0 Å². The van der Waals surface area contributed by atoms with Gasteiger partial charge >= 0.3 is 337 Å². The van der Waals surface area contributed by atoms with E-state index in [9.17, 15) is 0 Å². The number of rotatable bonds is 8. The van der Waals surface area contributed by atoms with Crippen LogP contribution in [0.1, 0.15) is 84.3 Å². The van der Waals surface area contributed by atoms with E-state index >= 15 is 0 Å². The molecule has 0 radical (unpaired) electrons. The molecule has 3 heterocycles. The van der Waals surface area contributed by atoms with E-state index in [1.807, 2.05) is 42.5 Å². The third-order valence-electron chi connectivity index (χ3n) is 15.3. The quantitative estimate of drug-likeness (QED) is 0.152. The SMILES string of the molecule is [2H]C([2H])([2H])c1cc(-n2c3ccccc3c3ccc(Oc4cccc(-n5[c](=[Pt])n(-c6c(-c7ccccc7)c7c8c(c6-c6ccccc6)CCCC8CCC7)c6ccccc65)c4)cc32)ncc1-c1ccc(C(C)(C)C)cc1. The number of imidazole rings is 1. The molecule has 0 saturated carbocycles. The maximum absolute atomic E-state index is 8.72. The van der Waals surface area contributed by atoms with Gasteiger partial charge in [0.25, 0.3) is 0 Å². The number of para-hydroxylation sites is 3. The Morgan fingerprint density at radius 3 is 1.85 bits per heavy atom. The van der Waals surface area contributed by atoms with Crippen LogP contribution in [0.3, 0.4) is 0 Å². The number of nitrogens with zero attached hydrogens (tertiary/aromatic N) is 4. The number of fused-ring (bicyclic) bond motifs is 4. The summed E-state index contributed by atoms with van der Waals surface area (Å²) < 4.78 is 41.1. The first-order valence-electron chi connectivity index (χ1n) is 26.8. The molecule has 6 heteroatoms. The maximum atomic E-state index is 8.72. The van der Waals surface area contributed by atoms with Gasteiger partial charge in [-0.05, 0) is 29.0 Å². The van der Waals surface area contributed by atoms with Crippen molar-refractivity contribution >= 4 is 32.8 Å². The second kappa shape index (κ2) is 17.8. The minimum atomic E-state index is -2.38. The van der Waals surface area contributed by atoms with Crippen molar-refractivity contribution in [2.75, 3.05) is 0 Å². The van der Waals surface area contributed by atoms with Crippen molar-refractivity contribution in [3.8, 4) is 62.1 Å². The van der Waals surface area contributed by atoms with E-state index in [0.717, 1.165) is 60.7 Å². The molecule has 11 aromatic rings. The number of aromatic nitrogens is 4. The molecular formula is C66H56N4OPt. The Labute approximate surface area is 436 Å². The summed E-state index contributed by atoms with van der Waals surface area (Å²) in [6.45, 7) is 4.14. The topological polar surface area (TPSA) is 36.9 Å². The molecule has 2 aliphatic rings. The van der Waals surface area contributed by atoms with Crippen molar-refractivity contribution in [2.45, 2.75) is 77.5 Å². The molecule has 0 saturated heterocycles. The zero-order valence-corrected chi connectivity index (χ0v) is 43.0. The summed E-state index contributed by atoms with van der Waals surface area (Å²) in [7, 11) is 0. The predicted molar refractivity (Wildman–Crippen MR) is 293 cm³/mol. The first kappa shape index (κ1) is 41.3. The fraction of sp³-hybridized carbons (Fsp3) is 0.182. The fourth-order valence-corrected chi connectivity index (χ4v) is 13.1. The first-order valence-corrected chi connectivity index (χ1v) is 26.5. The smallest absolute Gasteiger partial charge is 0.0579 e. The molecule has 0 spiro atoms. The van der Waals surface area contributed by atoms with Crippen molar-refractivity contribution in [1.29, 1.82) is 0 Å². The van der Waals surface area contributed by atoms with E-state index in [0.29, 0.717) is 28.8 Å². The molecule has 0 amide bonds. The molecular weight excluding hydrogens is 1060 g/mol. The molecule has 356 valence electrons. The summed E-state index contributed by atoms with van der Waals surface area (Å²) in [5.74, 6) is 2.46. The zero-order valence-electron chi connectivity index (χ0n) is 43.7. The van der Waals surface area contributed by atoms with Gasteiger partial charge in [-0.1, -0.05) is 57.2 Å². The Morgan fingerprint density at radius 1 is 0.569 bits per heavy atom. The van der Waals surface area contributed by atoms with Gasteiger partial charge in [0.15, 0.2) is 0 Å². The van der Waals surface area contributed by atoms with Gasteiger partial charge in [-0.2, -0.15) is 0 Å². The van der Waals surface area contributed by atoms with Crippen LogP contribution in [-0.2, 0) is 37.6 Å². The number of aryl methyl sites for hydroxylation is 1. The molecule has 13 rings (SSSR count). The standard InChI is InChI=1S/C66H56N4O.Pt/c1-43-38-61(67-41-56(43)44-32-34-48(35-33-44)66(2,3)4)70-57-29-12-11-26-52(57)53-37-36-51(40-60(53)70)71-50-25-17-24-49(39-50)68-42-69(59-31-14-13-30-58(59)68)65-63(46-18-7-5-8-19-46)54-27-15-22-45-23-16-28-55(62(45)54)64(65)47-20-9-6-10-21-47;/h5-14,17-21,24-26,29-41,45H,15-16,22-23,27-28H2,1-4H3;/i1D3;. The van der Waals surface area contributed by atoms with E-state index in [2.05, 4.69) is 187 Å². The predicted octanol–water partition coefficient (Wildman–Crippen LogP) is 17.1. The molecule has 3 aromatic heterocycles. The third-order valence-corrected chi connectivity index (χ3v) is 16.3. The van der Waals surface area contributed by atoms with Crippen LogP contribution in [0.2, 0.25) is 0 Å². The van der Waals surface area contributed by atoms with Crippen LogP contribution in [0.5, 0.6) is 11.5 Å². The molecule has 0 N–H and O–H groups in total. The van der Waals surface area contributed by atoms with Gasteiger partial charge in [0.1, 0.15) is 0 Å². The van der Waals surface area contributed by atoms with Gasteiger partial charge in [-0.15, -0.1) is 0 Å². The Morgan fingerprint density at radius 2 is 1.18 bits per heavy atom. The van der Waals surface area contributed by atoms with Gasteiger partial charge in [-0.25, -0.2) is 0 Å². The van der Waals surface area contributed by atoms with E-state index in [1.54, 1.807) is 17.8 Å². The van der Waals surface area contributed by atoms with Gasteiger partial charge in [0.2, 0.25) is 0 Å². The van der Waals surface area contributed by atoms with Gasteiger partial charge in [-0.3, -0.25) is 0 Å². The van der Waals surface area contributed by atoms with Crippen molar-refractivity contribution < 1.29 is 28.2 Å². The second-order valence-electron chi connectivity index (χ2n) is 20.6. The van der Waals surface area contributed by atoms with E-state index < -0.39 is 6.85 Å². The second-order valence-corrected chi connectivity index (χ2v) is 21.6. The van der Waals surface area contributed by atoms with Crippen molar-refractivity contribution in [2.24, 2.45) is 0 Å². The third kappa shape index (κ3) is 7.47. The van der Waals surface area contributed by atoms with E-state index in [1.165, 1.54) is 70.3 Å². The molecule has 8 aromatic carbocycles. The summed E-state index contributed by atoms with van der Waals surface area (Å²) >= 11 is 2.56. The summed E-state index contributed by atoms with van der Waals surface area (Å²) in [5, 5.41) is 2.05. The molecule has 5 nitrogen and oxygen atoms in total. The Kier molecular flexibility index (Phi) is 10.2. The van der Waals surface area contributed by atoms with Crippen molar-refractivity contribution in [3.05, 3.63) is 220 Å². The number of benzene rings is 8. The van der Waals surface area contributed by atoms with Crippen LogP contribution in [0.25, 0.3) is 83.4 Å². The van der Waals surface area contributed by atoms with Crippen LogP contribution >= 0.6 is 0 Å². The van der Waals surface area contributed by atoms with Gasteiger partial charge < -0.3 is 0 Å². The average molecular weight is 1120 g/mol. The molecule has 0 aliphatic heterocycles. The first-order chi connectivity index (χ1) is 36.4. The summed E-state index contributed by atoms with van der Waals surface area (Å²) in [6, 6.07) is 63.7. The van der Waals surface area contributed by atoms with E-state index in [4.69, 9.17) is 13.8 Å². The summed E-state index contributed by atoms with van der Waals surface area (Å²) in [6.07, 6.45) is 8.79. The average Bonchev–Trinajstić information content (AvgIpc) is 3.93. The Balaban J connectivity index is 0.943. The fourth-order valence-electron chi connectivity index (χ4n) is 12.0. The monoisotopic (exact) mass is 1120 g/mol. The van der Waals surface area contributed by atoms with Crippen LogP contribution < -0.4 is 4.74 Å². The Hall–Kier alpha value is -7.33. The molecule has 0 bridgehead atoms. The number of hydrogen-bond donors (Lipinski definition) is 0. The van der Waals surface area contributed by atoms with Crippen LogP contribution in [0.15, 0.2) is 188 Å². The van der Waals surface area contributed by atoms with Crippen LogP contribution in [-0.4, -0.2) is 18.7 Å². The number of ether oxygens (including phenoxy) is 1. The Bertz CT molecular complexity index is 4010. The van der Waals surface area contributed by atoms with Gasteiger partial charge in [0, 0.05) is 15.9 Å². The van der Waals surface area contributed by atoms with Gasteiger partial charge in [0.05, 0.1) is 0 Å². The summed E-state index contributed by atoms with van der Waals surface area (Å²) in [5.41, 5.74) is 19.0. The van der Waals surface area contributed by atoms with Crippen LogP contribution in [0, 0.1) is 10.7 Å². The molecule has 0 unspecified atom stereocenters. The normalized spacial score (nSPS) is 14.6. The molecule has 0 atom stereocenters. The van der Waals surface area contributed by atoms with Crippen LogP contribution in [0.4, 0.5) is 0 Å². The van der Waals surface area contributed by atoms with Crippen molar-refractivity contribution in [1.82, 2.24) is 18.7 Å². The zero-order chi connectivity index (χ0) is 51.2. The van der Waals surface area contributed by atoms with E-state index in [-0.39, 0.29) is 11.0 Å². The number of pyridine rings is 1. The number of hydrogen-bond acceptors (Lipinski definition) is 2. The summed E-state index contributed by atoms with van der Waals surface area (Å²) in [4.78, 5) is 5.01.